The SMILES string of the molecule is O=Cc1ccc(-c2sccc2Cl)c(F)c1. The molecule has 1 aromatic heterocycles. The second kappa shape index (κ2) is 4.13. The molecule has 76 valence electrons. The summed E-state index contributed by atoms with van der Waals surface area (Å²) in [4.78, 5) is 11.1. The lowest BCUT2D eigenvalue weighted by molar-refractivity contribution is 0.112. The highest BCUT2D eigenvalue weighted by Gasteiger charge is 2.10. The van der Waals surface area contributed by atoms with Crippen LogP contribution >= 0.6 is 22.9 Å². The van der Waals surface area contributed by atoms with E-state index in [-0.39, 0.29) is 0 Å². The van der Waals surface area contributed by atoms with E-state index in [4.69, 9.17) is 11.6 Å². The largest absolute Gasteiger partial charge is 0.298 e. The smallest absolute Gasteiger partial charge is 0.150 e. The van der Waals surface area contributed by atoms with E-state index in [1.165, 1.54) is 17.4 Å². The Kier molecular flexibility index (Phi) is 2.84. The number of hydrogen-bond donors (Lipinski definition) is 0. The maximum Gasteiger partial charge on any atom is 0.150 e. The fourth-order valence-electron chi connectivity index (χ4n) is 1.27. The van der Waals surface area contributed by atoms with E-state index < -0.39 is 5.82 Å². The Bertz CT molecular complexity index is 507. The molecule has 2 aromatic rings. The van der Waals surface area contributed by atoms with E-state index in [1.54, 1.807) is 23.6 Å². The standard InChI is InChI=1S/C11H6ClFOS/c12-9-3-4-15-11(9)8-2-1-7(6-14)5-10(8)13/h1-6H. The molecule has 0 atom stereocenters. The summed E-state index contributed by atoms with van der Waals surface area (Å²) in [5.74, 6) is -0.427. The van der Waals surface area contributed by atoms with Gasteiger partial charge in [-0.1, -0.05) is 17.7 Å². The summed E-state index contributed by atoms with van der Waals surface area (Å²) in [6, 6.07) is 6.06. The summed E-state index contributed by atoms with van der Waals surface area (Å²) in [6.07, 6.45) is 0.614. The fourth-order valence-corrected chi connectivity index (χ4v) is 2.46. The van der Waals surface area contributed by atoms with Crippen molar-refractivity contribution in [3.05, 3.63) is 46.0 Å². The number of benzene rings is 1. The van der Waals surface area contributed by atoms with Crippen LogP contribution in [0.1, 0.15) is 10.4 Å². The average molecular weight is 241 g/mol. The first kappa shape index (κ1) is 10.3. The van der Waals surface area contributed by atoms with Gasteiger partial charge in [0.15, 0.2) is 0 Å². The van der Waals surface area contributed by atoms with E-state index in [9.17, 15) is 9.18 Å². The lowest BCUT2D eigenvalue weighted by Crippen LogP contribution is -1.86. The van der Waals surface area contributed by atoms with Crippen LogP contribution in [0.15, 0.2) is 29.6 Å². The topological polar surface area (TPSA) is 17.1 Å². The maximum atomic E-state index is 13.6. The first-order valence-electron chi connectivity index (χ1n) is 4.20. The van der Waals surface area contributed by atoms with Crippen molar-refractivity contribution >= 4 is 29.2 Å². The predicted molar refractivity (Wildman–Crippen MR) is 60.1 cm³/mol. The minimum absolute atomic E-state index is 0.323. The number of rotatable bonds is 2. The molecule has 1 nitrogen and oxygen atoms in total. The van der Waals surface area contributed by atoms with E-state index in [1.807, 2.05) is 0 Å². The molecule has 0 spiro atoms. The third-order valence-corrected chi connectivity index (χ3v) is 3.37. The quantitative estimate of drug-likeness (QED) is 0.725. The zero-order chi connectivity index (χ0) is 10.8. The van der Waals surface area contributed by atoms with Gasteiger partial charge in [-0.05, 0) is 23.6 Å². The van der Waals surface area contributed by atoms with Gasteiger partial charge >= 0.3 is 0 Å². The molecule has 0 saturated heterocycles. The van der Waals surface area contributed by atoms with Gasteiger partial charge in [-0.15, -0.1) is 11.3 Å². The van der Waals surface area contributed by atoms with Crippen LogP contribution in [0.4, 0.5) is 4.39 Å². The Morgan fingerprint density at radius 1 is 1.33 bits per heavy atom. The Morgan fingerprint density at radius 2 is 2.13 bits per heavy atom. The molecule has 0 aliphatic carbocycles. The molecular weight excluding hydrogens is 235 g/mol. The summed E-state index contributed by atoms with van der Waals surface area (Å²) in [5.41, 5.74) is 0.754. The van der Waals surface area contributed by atoms with Crippen LogP contribution in [0.2, 0.25) is 5.02 Å². The lowest BCUT2D eigenvalue weighted by atomic mass is 10.1. The van der Waals surface area contributed by atoms with E-state index in [0.717, 1.165) is 0 Å². The number of aldehydes is 1. The van der Waals surface area contributed by atoms with Gasteiger partial charge in [0.1, 0.15) is 12.1 Å². The number of halogens is 2. The number of carbonyl (C=O) groups excluding carboxylic acids is 1. The fraction of sp³-hybridized carbons (Fsp3) is 0. The third-order valence-electron chi connectivity index (χ3n) is 1.99. The Labute approximate surface area is 95.1 Å². The first-order valence-corrected chi connectivity index (χ1v) is 5.46. The third kappa shape index (κ3) is 1.94. The predicted octanol–water partition coefficient (Wildman–Crippen LogP) is 4.02. The van der Waals surface area contributed by atoms with Crippen LogP contribution in [0.5, 0.6) is 0 Å². The van der Waals surface area contributed by atoms with Gasteiger partial charge in [0, 0.05) is 11.1 Å². The molecule has 0 radical (unpaired) electrons. The number of thiophene rings is 1. The normalized spacial score (nSPS) is 10.3. The van der Waals surface area contributed by atoms with Crippen LogP contribution in [0.3, 0.4) is 0 Å². The summed E-state index contributed by atoms with van der Waals surface area (Å²) < 4.78 is 13.6. The second-order valence-corrected chi connectivity index (χ2v) is 4.28. The van der Waals surface area contributed by atoms with Gasteiger partial charge in [0.2, 0.25) is 0 Å². The van der Waals surface area contributed by atoms with Crippen molar-refractivity contribution in [3.63, 3.8) is 0 Å². The molecule has 0 bridgehead atoms. The van der Waals surface area contributed by atoms with Crippen molar-refractivity contribution in [2.24, 2.45) is 0 Å². The van der Waals surface area contributed by atoms with E-state index in [0.29, 0.717) is 27.3 Å². The average Bonchev–Trinajstić information content (AvgIpc) is 2.64. The van der Waals surface area contributed by atoms with Gasteiger partial charge < -0.3 is 0 Å². The molecule has 0 N–H and O–H groups in total. The van der Waals surface area contributed by atoms with Crippen molar-refractivity contribution in [2.75, 3.05) is 0 Å². The highest BCUT2D eigenvalue weighted by atomic mass is 35.5. The van der Waals surface area contributed by atoms with Crippen molar-refractivity contribution in [2.45, 2.75) is 0 Å². The summed E-state index contributed by atoms with van der Waals surface area (Å²) in [7, 11) is 0. The summed E-state index contributed by atoms with van der Waals surface area (Å²) in [5, 5.41) is 2.32. The van der Waals surface area contributed by atoms with E-state index >= 15 is 0 Å². The number of carbonyl (C=O) groups is 1. The van der Waals surface area contributed by atoms with Crippen molar-refractivity contribution in [1.82, 2.24) is 0 Å². The van der Waals surface area contributed by atoms with Crippen LogP contribution in [-0.4, -0.2) is 6.29 Å². The van der Waals surface area contributed by atoms with Gasteiger partial charge in [-0.2, -0.15) is 0 Å². The van der Waals surface area contributed by atoms with Gasteiger partial charge in [-0.3, -0.25) is 4.79 Å². The summed E-state index contributed by atoms with van der Waals surface area (Å²) in [6.45, 7) is 0. The molecule has 0 aliphatic heterocycles. The Balaban J connectivity index is 2.55. The zero-order valence-corrected chi connectivity index (χ0v) is 9.11. The maximum absolute atomic E-state index is 13.6. The monoisotopic (exact) mass is 240 g/mol. The highest BCUT2D eigenvalue weighted by Crippen LogP contribution is 2.34. The molecule has 0 unspecified atom stereocenters. The number of hydrogen-bond acceptors (Lipinski definition) is 2. The molecule has 0 aliphatic rings. The molecule has 0 fully saturated rings. The Morgan fingerprint density at radius 3 is 2.67 bits per heavy atom. The van der Waals surface area contributed by atoms with Crippen LogP contribution < -0.4 is 0 Å². The second-order valence-electron chi connectivity index (χ2n) is 2.95. The first-order chi connectivity index (χ1) is 7.22. The van der Waals surface area contributed by atoms with Crippen molar-refractivity contribution in [3.8, 4) is 10.4 Å². The minimum Gasteiger partial charge on any atom is -0.298 e. The zero-order valence-electron chi connectivity index (χ0n) is 7.54. The van der Waals surface area contributed by atoms with E-state index in [2.05, 4.69) is 0 Å². The van der Waals surface area contributed by atoms with Crippen LogP contribution in [-0.2, 0) is 0 Å². The van der Waals surface area contributed by atoms with Crippen molar-refractivity contribution in [1.29, 1.82) is 0 Å². The molecule has 0 saturated carbocycles. The molecule has 1 heterocycles. The van der Waals surface area contributed by atoms with Gasteiger partial charge in [0.25, 0.3) is 0 Å². The molecule has 1 aromatic carbocycles. The minimum atomic E-state index is -0.427. The Hall–Kier alpha value is -1.19. The van der Waals surface area contributed by atoms with Crippen LogP contribution in [0, 0.1) is 5.82 Å². The molecule has 2 rings (SSSR count). The molecule has 15 heavy (non-hydrogen) atoms. The van der Waals surface area contributed by atoms with Crippen molar-refractivity contribution < 1.29 is 9.18 Å². The molecular formula is C11H6ClFOS. The molecule has 0 amide bonds. The summed E-state index contributed by atoms with van der Waals surface area (Å²) >= 11 is 7.26. The van der Waals surface area contributed by atoms with Crippen LogP contribution in [0.25, 0.3) is 10.4 Å². The van der Waals surface area contributed by atoms with Gasteiger partial charge in [0.05, 0.1) is 9.90 Å². The highest BCUT2D eigenvalue weighted by molar-refractivity contribution is 7.14. The van der Waals surface area contributed by atoms with Gasteiger partial charge in [-0.25, -0.2) is 4.39 Å². The lowest BCUT2D eigenvalue weighted by Gasteiger charge is -2.01. The molecule has 4 heteroatoms.